The average Bonchev–Trinajstić information content (AvgIpc) is 2.98. The summed E-state index contributed by atoms with van der Waals surface area (Å²) in [5.74, 6) is -3.64. The van der Waals surface area contributed by atoms with E-state index in [1.165, 1.54) is 6.07 Å². The minimum atomic E-state index is -1.11. The highest BCUT2D eigenvalue weighted by atomic mass is 35.5. The summed E-state index contributed by atoms with van der Waals surface area (Å²) in [6.07, 6.45) is 0.927. The van der Waals surface area contributed by atoms with Crippen molar-refractivity contribution in [2.75, 3.05) is 28.6 Å². The Morgan fingerprint density at radius 3 is 2.39 bits per heavy atom. The number of nitrogens with zero attached hydrogens (tertiary/aromatic N) is 2. The van der Waals surface area contributed by atoms with Crippen molar-refractivity contribution in [1.29, 1.82) is 0 Å². The molecular formula is C32H27ClF3N5O3. The smallest absolute Gasteiger partial charge is 0.323 e. The quantitative estimate of drug-likeness (QED) is 0.242. The summed E-state index contributed by atoms with van der Waals surface area (Å²) in [6.45, 7) is 1.28. The maximum absolute atomic E-state index is 14.1. The number of amides is 3. The molecule has 2 aliphatic heterocycles. The highest BCUT2D eigenvalue weighted by molar-refractivity contribution is 6.30. The van der Waals surface area contributed by atoms with Gasteiger partial charge in [-0.1, -0.05) is 17.7 Å². The molecule has 0 saturated carbocycles. The fourth-order valence-corrected chi connectivity index (χ4v) is 6.10. The van der Waals surface area contributed by atoms with Crippen molar-refractivity contribution < 1.29 is 22.8 Å². The second-order valence-electron chi connectivity index (χ2n) is 11.0. The fourth-order valence-electron chi connectivity index (χ4n) is 5.98. The lowest BCUT2D eigenvalue weighted by molar-refractivity contribution is 0.0950. The highest BCUT2D eigenvalue weighted by Crippen LogP contribution is 2.39. The molecule has 226 valence electrons. The average molecular weight is 622 g/mol. The number of urea groups is 1. The first-order chi connectivity index (χ1) is 21.1. The van der Waals surface area contributed by atoms with Crippen LogP contribution in [0, 0.1) is 23.4 Å². The van der Waals surface area contributed by atoms with Crippen molar-refractivity contribution in [1.82, 2.24) is 9.88 Å². The Kier molecular flexibility index (Phi) is 8.05. The van der Waals surface area contributed by atoms with Gasteiger partial charge in [-0.3, -0.25) is 9.59 Å². The molecule has 1 aromatic heterocycles. The predicted octanol–water partition coefficient (Wildman–Crippen LogP) is 6.12. The standard InChI is InChI=1S/C32H27ClF3N5O3/c33-21-5-7-23(8-6-21)38-32(44)39-27-11-19(31(43)37-14-24-25(35)12-22(34)13-26(24)36)4-9-29(27)40-15-18-10-20(17-40)28-2-1-3-30(42)41(28)16-18/h1-9,11-13,18,20H,10,14-17H2,(H,37,43)(H2,38,39,44). The first-order valence-electron chi connectivity index (χ1n) is 14.0. The van der Waals surface area contributed by atoms with Gasteiger partial charge in [-0.25, -0.2) is 18.0 Å². The van der Waals surface area contributed by atoms with E-state index in [4.69, 9.17) is 11.6 Å². The number of fused-ring (bicyclic) bond motifs is 4. The Bertz CT molecular complexity index is 1790. The molecule has 2 atom stereocenters. The van der Waals surface area contributed by atoms with Crippen LogP contribution in [0.3, 0.4) is 0 Å². The maximum Gasteiger partial charge on any atom is 0.323 e. The molecule has 3 N–H and O–H groups in total. The molecule has 3 heterocycles. The van der Waals surface area contributed by atoms with Crippen LogP contribution in [0.15, 0.2) is 77.6 Å². The van der Waals surface area contributed by atoms with Gasteiger partial charge in [0, 0.05) is 77.8 Å². The van der Waals surface area contributed by atoms with Gasteiger partial charge in [-0.05, 0) is 60.9 Å². The van der Waals surface area contributed by atoms with Crippen molar-refractivity contribution in [3.63, 3.8) is 0 Å². The van der Waals surface area contributed by atoms with Gasteiger partial charge in [0.25, 0.3) is 11.5 Å². The molecule has 2 aliphatic rings. The van der Waals surface area contributed by atoms with E-state index in [9.17, 15) is 27.6 Å². The molecule has 44 heavy (non-hydrogen) atoms. The number of halogens is 4. The first-order valence-corrected chi connectivity index (χ1v) is 14.4. The Morgan fingerprint density at radius 2 is 1.64 bits per heavy atom. The molecular weight excluding hydrogens is 595 g/mol. The van der Waals surface area contributed by atoms with Crippen molar-refractivity contribution in [2.45, 2.75) is 25.4 Å². The van der Waals surface area contributed by atoms with E-state index in [0.29, 0.717) is 53.9 Å². The zero-order valence-corrected chi connectivity index (χ0v) is 24.0. The van der Waals surface area contributed by atoms with E-state index in [-0.39, 0.29) is 23.0 Å². The zero-order chi connectivity index (χ0) is 31.0. The molecule has 0 radical (unpaired) electrons. The lowest BCUT2D eigenvalue weighted by Gasteiger charge is -2.44. The van der Waals surface area contributed by atoms with Gasteiger partial charge in [0.05, 0.1) is 11.4 Å². The van der Waals surface area contributed by atoms with Crippen molar-refractivity contribution in [2.24, 2.45) is 5.92 Å². The lowest BCUT2D eigenvalue weighted by atomic mass is 9.83. The molecule has 12 heteroatoms. The minimum Gasteiger partial charge on any atom is -0.369 e. The molecule has 1 fully saturated rings. The normalized spacial score (nSPS) is 17.0. The summed E-state index contributed by atoms with van der Waals surface area (Å²) >= 11 is 5.95. The van der Waals surface area contributed by atoms with E-state index < -0.39 is 41.5 Å². The number of hydrogen-bond donors (Lipinski definition) is 3. The number of pyridine rings is 1. The summed E-state index contributed by atoms with van der Waals surface area (Å²) in [5, 5.41) is 8.55. The van der Waals surface area contributed by atoms with E-state index in [2.05, 4.69) is 20.9 Å². The van der Waals surface area contributed by atoms with Crippen LogP contribution in [0.25, 0.3) is 0 Å². The van der Waals surface area contributed by atoms with Crippen LogP contribution in [-0.2, 0) is 13.1 Å². The van der Waals surface area contributed by atoms with Gasteiger partial charge in [-0.15, -0.1) is 0 Å². The number of anilines is 3. The Balaban J connectivity index is 1.27. The van der Waals surface area contributed by atoms with Crippen LogP contribution >= 0.6 is 11.6 Å². The van der Waals surface area contributed by atoms with Crippen molar-refractivity contribution in [3.8, 4) is 0 Å². The summed E-state index contributed by atoms with van der Waals surface area (Å²) in [4.78, 5) is 40.7. The summed E-state index contributed by atoms with van der Waals surface area (Å²) < 4.78 is 43.4. The second kappa shape index (κ2) is 12.1. The number of hydrogen-bond acceptors (Lipinski definition) is 4. The SMILES string of the molecule is O=C(Nc1ccc(Cl)cc1)Nc1cc(C(=O)NCc2c(F)cc(F)cc2F)ccc1N1CC2CC(C1)c1cccc(=O)n1C2. The third-order valence-electron chi connectivity index (χ3n) is 7.96. The van der Waals surface area contributed by atoms with Crippen LogP contribution in [0.1, 0.15) is 34.0 Å². The summed E-state index contributed by atoms with van der Waals surface area (Å²) in [5.41, 5.74) is 2.11. The van der Waals surface area contributed by atoms with Gasteiger partial charge in [0.2, 0.25) is 0 Å². The lowest BCUT2D eigenvalue weighted by Crippen LogP contribution is -2.47. The first kappa shape index (κ1) is 29.3. The molecule has 3 amide bonds. The molecule has 6 rings (SSSR count). The van der Waals surface area contributed by atoms with Crippen LogP contribution < -0.4 is 26.4 Å². The molecule has 8 nitrogen and oxygen atoms in total. The third-order valence-corrected chi connectivity index (χ3v) is 8.21. The summed E-state index contributed by atoms with van der Waals surface area (Å²) in [6, 6.07) is 17.1. The Hall–Kier alpha value is -4.77. The van der Waals surface area contributed by atoms with E-state index >= 15 is 0 Å². The maximum atomic E-state index is 14.1. The molecule has 1 saturated heterocycles. The molecule has 0 spiro atoms. The molecule has 2 bridgehead atoms. The van der Waals surface area contributed by atoms with E-state index in [0.717, 1.165) is 12.1 Å². The second-order valence-corrected chi connectivity index (χ2v) is 11.4. The fraction of sp³-hybridized carbons (Fsp3) is 0.219. The molecule has 3 aromatic carbocycles. The number of rotatable bonds is 6. The molecule has 4 aromatic rings. The van der Waals surface area contributed by atoms with E-state index in [1.54, 1.807) is 48.5 Å². The van der Waals surface area contributed by atoms with Crippen LogP contribution in [0.2, 0.25) is 5.02 Å². The number of benzene rings is 3. The number of nitrogens with one attached hydrogen (secondary N) is 3. The van der Waals surface area contributed by atoms with Gasteiger partial charge in [-0.2, -0.15) is 0 Å². The topological polar surface area (TPSA) is 95.5 Å². The molecule has 0 aliphatic carbocycles. The largest absolute Gasteiger partial charge is 0.369 e. The number of carbonyl (C=O) groups is 2. The predicted molar refractivity (Wildman–Crippen MR) is 162 cm³/mol. The number of piperidine rings is 1. The van der Waals surface area contributed by atoms with Crippen molar-refractivity contribution in [3.05, 3.63) is 122 Å². The van der Waals surface area contributed by atoms with Crippen LogP contribution in [0.4, 0.5) is 35.0 Å². The van der Waals surface area contributed by atoms with Gasteiger partial charge in [0.15, 0.2) is 0 Å². The zero-order valence-electron chi connectivity index (χ0n) is 23.2. The minimum absolute atomic E-state index is 0.0253. The third kappa shape index (κ3) is 6.14. The Morgan fingerprint density at radius 1 is 0.886 bits per heavy atom. The monoisotopic (exact) mass is 621 g/mol. The van der Waals surface area contributed by atoms with Crippen molar-refractivity contribution >= 4 is 40.6 Å². The molecule has 2 unspecified atom stereocenters. The van der Waals surface area contributed by atoms with Gasteiger partial charge in [0.1, 0.15) is 17.5 Å². The van der Waals surface area contributed by atoms with Gasteiger partial charge < -0.3 is 25.4 Å². The van der Waals surface area contributed by atoms with Crippen LogP contribution in [0.5, 0.6) is 0 Å². The number of aromatic nitrogens is 1. The van der Waals surface area contributed by atoms with Crippen LogP contribution in [-0.4, -0.2) is 29.6 Å². The Labute approximate surface area is 255 Å². The highest BCUT2D eigenvalue weighted by Gasteiger charge is 2.35. The summed E-state index contributed by atoms with van der Waals surface area (Å²) in [7, 11) is 0. The van der Waals surface area contributed by atoms with E-state index in [1.807, 2.05) is 10.6 Å². The number of carbonyl (C=O) groups excluding carboxylic acids is 2. The van der Waals surface area contributed by atoms with Gasteiger partial charge >= 0.3 is 6.03 Å².